The third-order valence-corrected chi connectivity index (χ3v) is 2.84. The number of anilines is 1. The Bertz CT molecular complexity index is 632. The van der Waals surface area contributed by atoms with E-state index in [4.69, 9.17) is 0 Å². The minimum Gasteiger partial charge on any atom is -0.465 e. The first-order valence-electron chi connectivity index (χ1n) is 6.16. The zero-order valence-corrected chi connectivity index (χ0v) is 11.3. The van der Waals surface area contributed by atoms with Gasteiger partial charge in [0.15, 0.2) is 0 Å². The van der Waals surface area contributed by atoms with Crippen molar-refractivity contribution in [2.24, 2.45) is 0 Å². The second kappa shape index (κ2) is 6.02. The second-order valence-corrected chi connectivity index (χ2v) is 4.39. The predicted molar refractivity (Wildman–Crippen MR) is 76.9 cm³/mol. The van der Waals surface area contributed by atoms with Gasteiger partial charge in [0.05, 0.1) is 12.7 Å². The molecule has 2 aromatic carbocycles. The van der Waals surface area contributed by atoms with E-state index in [1.54, 1.807) is 24.3 Å². The van der Waals surface area contributed by atoms with Crippen LogP contribution in [-0.2, 0) is 4.74 Å². The average molecular weight is 269 g/mol. The Morgan fingerprint density at radius 2 is 1.65 bits per heavy atom. The summed E-state index contributed by atoms with van der Waals surface area (Å²) in [6, 6.07) is 13.9. The third kappa shape index (κ3) is 3.23. The molecule has 4 nitrogen and oxygen atoms in total. The summed E-state index contributed by atoms with van der Waals surface area (Å²) in [5, 5.41) is 2.81. The van der Waals surface area contributed by atoms with Crippen LogP contribution in [0, 0.1) is 6.92 Å². The molecule has 2 aromatic rings. The molecule has 0 saturated carbocycles. The van der Waals surface area contributed by atoms with E-state index in [1.807, 2.05) is 31.2 Å². The van der Waals surface area contributed by atoms with E-state index in [0.29, 0.717) is 11.1 Å². The molecule has 0 aromatic heterocycles. The number of hydrogen-bond donors (Lipinski definition) is 1. The van der Waals surface area contributed by atoms with Crippen LogP contribution in [0.25, 0.3) is 0 Å². The Morgan fingerprint density at radius 1 is 1.00 bits per heavy atom. The molecule has 0 aliphatic heterocycles. The number of ether oxygens (including phenoxy) is 1. The molecule has 102 valence electrons. The summed E-state index contributed by atoms with van der Waals surface area (Å²) < 4.78 is 4.61. The van der Waals surface area contributed by atoms with E-state index in [2.05, 4.69) is 10.1 Å². The molecule has 0 spiro atoms. The minimum atomic E-state index is -0.421. The zero-order chi connectivity index (χ0) is 14.5. The topological polar surface area (TPSA) is 55.4 Å². The smallest absolute Gasteiger partial charge is 0.337 e. The lowest BCUT2D eigenvalue weighted by atomic mass is 10.1. The van der Waals surface area contributed by atoms with E-state index >= 15 is 0 Å². The van der Waals surface area contributed by atoms with Crippen molar-refractivity contribution in [3.05, 3.63) is 65.2 Å². The molecule has 0 atom stereocenters. The fraction of sp³-hybridized carbons (Fsp3) is 0.125. The van der Waals surface area contributed by atoms with E-state index in [1.165, 1.54) is 7.11 Å². The first-order valence-corrected chi connectivity index (χ1v) is 6.16. The second-order valence-electron chi connectivity index (χ2n) is 4.39. The highest BCUT2D eigenvalue weighted by molar-refractivity contribution is 6.04. The monoisotopic (exact) mass is 269 g/mol. The first-order chi connectivity index (χ1) is 9.60. The van der Waals surface area contributed by atoms with Gasteiger partial charge in [-0.1, -0.05) is 12.1 Å². The maximum atomic E-state index is 12.0. The number of benzene rings is 2. The number of nitrogens with one attached hydrogen (secondary N) is 1. The fourth-order valence-electron chi connectivity index (χ4n) is 1.80. The lowest BCUT2D eigenvalue weighted by Gasteiger charge is -2.06. The molecule has 0 bridgehead atoms. The number of esters is 1. The summed E-state index contributed by atoms with van der Waals surface area (Å²) in [6.45, 7) is 1.96. The summed E-state index contributed by atoms with van der Waals surface area (Å²) in [7, 11) is 1.32. The highest BCUT2D eigenvalue weighted by Gasteiger charge is 2.09. The average Bonchev–Trinajstić information content (AvgIpc) is 2.46. The summed E-state index contributed by atoms with van der Waals surface area (Å²) in [4.78, 5) is 23.3. The van der Waals surface area contributed by atoms with Gasteiger partial charge in [-0.2, -0.15) is 0 Å². The molecule has 0 fully saturated rings. The molecule has 0 saturated heterocycles. The van der Waals surface area contributed by atoms with Gasteiger partial charge in [-0.3, -0.25) is 4.79 Å². The van der Waals surface area contributed by atoms with Crippen LogP contribution in [0.5, 0.6) is 0 Å². The van der Waals surface area contributed by atoms with Gasteiger partial charge < -0.3 is 10.1 Å². The van der Waals surface area contributed by atoms with Crippen LogP contribution >= 0.6 is 0 Å². The van der Waals surface area contributed by atoms with Gasteiger partial charge in [0.25, 0.3) is 5.91 Å². The molecule has 0 unspecified atom stereocenters. The van der Waals surface area contributed by atoms with Gasteiger partial charge >= 0.3 is 5.97 Å². The van der Waals surface area contributed by atoms with E-state index < -0.39 is 5.97 Å². The molecule has 0 aliphatic carbocycles. The lowest BCUT2D eigenvalue weighted by Crippen LogP contribution is -2.12. The van der Waals surface area contributed by atoms with Crippen molar-refractivity contribution < 1.29 is 14.3 Å². The quantitative estimate of drug-likeness (QED) is 0.871. The van der Waals surface area contributed by atoms with Crippen molar-refractivity contribution in [1.29, 1.82) is 0 Å². The van der Waals surface area contributed by atoms with Gasteiger partial charge in [0, 0.05) is 11.3 Å². The van der Waals surface area contributed by atoms with Crippen LogP contribution in [0.3, 0.4) is 0 Å². The van der Waals surface area contributed by atoms with Crippen LogP contribution < -0.4 is 5.32 Å². The lowest BCUT2D eigenvalue weighted by molar-refractivity contribution is 0.0600. The van der Waals surface area contributed by atoms with Gasteiger partial charge in [0.2, 0.25) is 0 Å². The SMILES string of the molecule is COC(=O)c1ccc(C(=O)Nc2cccc(C)c2)cc1. The Labute approximate surface area is 117 Å². The van der Waals surface area contributed by atoms with Crippen LogP contribution in [-0.4, -0.2) is 19.0 Å². The van der Waals surface area contributed by atoms with Crippen molar-refractivity contribution >= 4 is 17.6 Å². The third-order valence-electron chi connectivity index (χ3n) is 2.84. The number of amides is 1. The number of carbonyl (C=O) groups excluding carboxylic acids is 2. The Morgan fingerprint density at radius 3 is 2.25 bits per heavy atom. The number of rotatable bonds is 3. The number of hydrogen-bond acceptors (Lipinski definition) is 3. The molecule has 2 rings (SSSR count). The predicted octanol–water partition coefficient (Wildman–Crippen LogP) is 3.03. The fourth-order valence-corrected chi connectivity index (χ4v) is 1.80. The number of carbonyl (C=O) groups is 2. The number of aryl methyl sites for hydroxylation is 1. The summed E-state index contributed by atoms with van der Waals surface area (Å²) in [5.41, 5.74) is 2.72. The van der Waals surface area contributed by atoms with Crippen LogP contribution in [0.1, 0.15) is 26.3 Å². The van der Waals surface area contributed by atoms with Crippen molar-refractivity contribution in [1.82, 2.24) is 0 Å². The van der Waals surface area contributed by atoms with Gasteiger partial charge in [0.1, 0.15) is 0 Å². The van der Waals surface area contributed by atoms with Crippen LogP contribution in [0.4, 0.5) is 5.69 Å². The molecule has 0 radical (unpaired) electrons. The maximum Gasteiger partial charge on any atom is 0.337 e. The minimum absolute atomic E-state index is 0.216. The molecule has 20 heavy (non-hydrogen) atoms. The van der Waals surface area contributed by atoms with E-state index in [0.717, 1.165) is 11.3 Å². The summed E-state index contributed by atoms with van der Waals surface area (Å²) in [6.07, 6.45) is 0. The van der Waals surface area contributed by atoms with E-state index in [9.17, 15) is 9.59 Å². The van der Waals surface area contributed by atoms with Crippen LogP contribution in [0.15, 0.2) is 48.5 Å². The van der Waals surface area contributed by atoms with E-state index in [-0.39, 0.29) is 5.91 Å². The van der Waals surface area contributed by atoms with Crippen molar-refractivity contribution in [3.63, 3.8) is 0 Å². The summed E-state index contributed by atoms with van der Waals surface area (Å²) in [5.74, 6) is -0.636. The molecule has 4 heteroatoms. The van der Waals surface area contributed by atoms with Crippen LogP contribution in [0.2, 0.25) is 0 Å². The highest BCUT2D eigenvalue weighted by Crippen LogP contribution is 2.12. The molecular weight excluding hydrogens is 254 g/mol. The Hall–Kier alpha value is -2.62. The van der Waals surface area contributed by atoms with Gasteiger partial charge in [-0.15, -0.1) is 0 Å². The number of methoxy groups -OCH3 is 1. The molecule has 0 heterocycles. The largest absolute Gasteiger partial charge is 0.465 e. The normalized spacial score (nSPS) is 9.90. The molecular formula is C16H15NO3. The van der Waals surface area contributed by atoms with Crippen molar-refractivity contribution in [2.45, 2.75) is 6.92 Å². The molecule has 1 N–H and O–H groups in total. The standard InChI is InChI=1S/C16H15NO3/c1-11-4-3-5-14(10-11)17-15(18)12-6-8-13(9-7-12)16(19)20-2/h3-10H,1-2H3,(H,17,18). The van der Waals surface area contributed by atoms with Crippen molar-refractivity contribution in [3.8, 4) is 0 Å². The Balaban J connectivity index is 2.11. The van der Waals surface area contributed by atoms with Crippen molar-refractivity contribution in [2.75, 3.05) is 12.4 Å². The maximum absolute atomic E-state index is 12.0. The Kier molecular flexibility index (Phi) is 4.15. The van der Waals surface area contributed by atoms with Gasteiger partial charge in [-0.05, 0) is 48.9 Å². The molecule has 0 aliphatic rings. The van der Waals surface area contributed by atoms with Gasteiger partial charge in [-0.25, -0.2) is 4.79 Å². The summed E-state index contributed by atoms with van der Waals surface area (Å²) >= 11 is 0. The highest BCUT2D eigenvalue weighted by atomic mass is 16.5. The first kappa shape index (κ1) is 13.8. The zero-order valence-electron chi connectivity index (χ0n) is 11.3. The molecule has 1 amide bonds.